The fourth-order valence-electron chi connectivity index (χ4n) is 2.46. The molecule has 19 heavy (non-hydrogen) atoms. The summed E-state index contributed by atoms with van der Waals surface area (Å²) >= 11 is 5.29. The summed E-state index contributed by atoms with van der Waals surface area (Å²) in [6, 6.07) is 0. The van der Waals surface area contributed by atoms with Crippen LogP contribution in [0.2, 0.25) is 0 Å². The van der Waals surface area contributed by atoms with Crippen molar-refractivity contribution in [1.29, 1.82) is 0 Å². The second-order valence-corrected chi connectivity index (χ2v) is 6.12. The second kappa shape index (κ2) is 16.0. The zero-order valence-corrected chi connectivity index (χ0v) is 13.6. The number of carbonyl (C=O) groups excluding carboxylic acids is 1. The molecule has 0 saturated carbocycles. The highest BCUT2D eigenvalue weighted by Gasteiger charge is 1.96. The molecule has 0 aliphatic rings. The van der Waals surface area contributed by atoms with Crippen LogP contribution in [0.3, 0.4) is 0 Å². The van der Waals surface area contributed by atoms with Crippen molar-refractivity contribution in [2.45, 2.75) is 103 Å². The lowest BCUT2D eigenvalue weighted by Gasteiger charge is -2.02. The Balaban J connectivity index is 2.93. The van der Waals surface area contributed by atoms with E-state index in [0.29, 0.717) is 6.42 Å². The molecule has 2 heteroatoms. The molecule has 0 aliphatic carbocycles. The van der Waals surface area contributed by atoms with Crippen molar-refractivity contribution in [3.63, 3.8) is 0 Å². The van der Waals surface area contributed by atoms with E-state index in [9.17, 15) is 4.79 Å². The fraction of sp³-hybridized carbons (Fsp3) is 0.941. The van der Waals surface area contributed by atoms with E-state index in [1.165, 1.54) is 77.0 Å². The first kappa shape index (κ1) is 19.0. The average Bonchev–Trinajstić information content (AvgIpc) is 2.39. The van der Waals surface area contributed by atoms with Gasteiger partial charge in [-0.3, -0.25) is 4.79 Å². The summed E-state index contributed by atoms with van der Waals surface area (Å²) in [5, 5.41) is -0.182. The van der Waals surface area contributed by atoms with Crippen molar-refractivity contribution in [3.8, 4) is 0 Å². The number of hydrogen-bond donors (Lipinski definition) is 0. The van der Waals surface area contributed by atoms with Crippen LogP contribution >= 0.6 is 11.6 Å². The van der Waals surface area contributed by atoms with Crippen LogP contribution in [0.5, 0.6) is 0 Å². The smallest absolute Gasteiger partial charge is 0.221 e. The Bertz CT molecular complexity index is 192. The largest absolute Gasteiger partial charge is 0.281 e. The van der Waals surface area contributed by atoms with Crippen LogP contribution in [0.25, 0.3) is 0 Å². The molecule has 0 radical (unpaired) electrons. The van der Waals surface area contributed by atoms with E-state index in [1.54, 1.807) is 0 Å². The molecule has 0 unspecified atom stereocenters. The van der Waals surface area contributed by atoms with Crippen molar-refractivity contribution in [3.05, 3.63) is 0 Å². The number of halogens is 1. The van der Waals surface area contributed by atoms with Gasteiger partial charge in [-0.15, -0.1) is 0 Å². The maximum Gasteiger partial charge on any atom is 0.221 e. The molecule has 0 aromatic rings. The maximum absolute atomic E-state index is 10.5. The molecule has 0 rings (SSSR count). The van der Waals surface area contributed by atoms with Crippen LogP contribution in [-0.4, -0.2) is 5.24 Å². The maximum atomic E-state index is 10.5. The monoisotopic (exact) mass is 288 g/mol. The Kier molecular flexibility index (Phi) is 16.0. The fourth-order valence-corrected chi connectivity index (χ4v) is 2.59. The van der Waals surface area contributed by atoms with Gasteiger partial charge in [-0.25, -0.2) is 0 Å². The van der Waals surface area contributed by atoms with Gasteiger partial charge >= 0.3 is 0 Å². The van der Waals surface area contributed by atoms with Gasteiger partial charge in [0.15, 0.2) is 0 Å². The summed E-state index contributed by atoms with van der Waals surface area (Å²) in [6.45, 7) is 2.27. The first-order valence-corrected chi connectivity index (χ1v) is 8.83. The molecule has 0 heterocycles. The van der Waals surface area contributed by atoms with Gasteiger partial charge in [0, 0.05) is 6.42 Å². The van der Waals surface area contributed by atoms with Crippen molar-refractivity contribution in [2.75, 3.05) is 0 Å². The summed E-state index contributed by atoms with van der Waals surface area (Å²) in [5.41, 5.74) is 0. The van der Waals surface area contributed by atoms with Gasteiger partial charge in [0.1, 0.15) is 0 Å². The van der Waals surface area contributed by atoms with E-state index in [4.69, 9.17) is 11.6 Å². The zero-order valence-electron chi connectivity index (χ0n) is 12.9. The molecular formula is C17H33ClO. The third-order valence-corrected chi connectivity index (χ3v) is 3.92. The van der Waals surface area contributed by atoms with Gasteiger partial charge in [-0.2, -0.15) is 0 Å². The standard InChI is InChI=1S/C17H33ClO/c1-2-3-4-5-6-7-8-9-10-11-12-13-14-15-16-17(18)19/h2-16H2,1H3. The molecular weight excluding hydrogens is 256 g/mol. The van der Waals surface area contributed by atoms with E-state index in [0.717, 1.165) is 12.8 Å². The first-order chi connectivity index (χ1) is 9.27. The van der Waals surface area contributed by atoms with Crippen LogP contribution in [-0.2, 0) is 4.79 Å². The molecule has 0 aromatic heterocycles. The Morgan fingerprint density at radius 3 is 1.26 bits per heavy atom. The molecule has 0 aliphatic heterocycles. The molecule has 0 saturated heterocycles. The molecule has 1 nitrogen and oxygen atoms in total. The molecule has 0 amide bonds. The molecule has 0 N–H and O–H groups in total. The lowest BCUT2D eigenvalue weighted by atomic mass is 10.0. The minimum absolute atomic E-state index is 0.182. The van der Waals surface area contributed by atoms with Crippen molar-refractivity contribution >= 4 is 16.8 Å². The van der Waals surface area contributed by atoms with Crippen LogP contribution in [0.1, 0.15) is 103 Å². The van der Waals surface area contributed by atoms with E-state index >= 15 is 0 Å². The summed E-state index contributed by atoms with van der Waals surface area (Å²) in [5.74, 6) is 0. The second-order valence-electron chi connectivity index (χ2n) is 5.70. The molecule has 0 aromatic carbocycles. The predicted octanol–water partition coefficient (Wildman–Crippen LogP) is 6.62. The third kappa shape index (κ3) is 18.0. The number of hydrogen-bond acceptors (Lipinski definition) is 1. The normalized spacial score (nSPS) is 10.8. The Morgan fingerprint density at radius 1 is 0.632 bits per heavy atom. The molecule has 114 valence electrons. The SMILES string of the molecule is CCCCCCCCCCCCCCCCC(=O)Cl. The van der Waals surface area contributed by atoms with Crippen molar-refractivity contribution in [2.24, 2.45) is 0 Å². The predicted molar refractivity (Wildman–Crippen MR) is 85.8 cm³/mol. The Labute approximate surface area is 125 Å². The number of unbranched alkanes of at least 4 members (excludes halogenated alkanes) is 13. The molecule has 0 atom stereocenters. The number of rotatable bonds is 15. The third-order valence-electron chi connectivity index (χ3n) is 3.73. The van der Waals surface area contributed by atoms with Gasteiger partial charge in [-0.1, -0.05) is 90.4 Å². The van der Waals surface area contributed by atoms with Gasteiger partial charge in [0.25, 0.3) is 0 Å². The average molecular weight is 289 g/mol. The molecule has 0 fully saturated rings. The van der Waals surface area contributed by atoms with Crippen LogP contribution in [0, 0.1) is 0 Å². The van der Waals surface area contributed by atoms with Crippen LogP contribution < -0.4 is 0 Å². The van der Waals surface area contributed by atoms with Gasteiger partial charge in [0.2, 0.25) is 5.24 Å². The van der Waals surface area contributed by atoms with Crippen LogP contribution in [0.4, 0.5) is 0 Å². The summed E-state index contributed by atoms with van der Waals surface area (Å²) < 4.78 is 0. The van der Waals surface area contributed by atoms with Crippen molar-refractivity contribution < 1.29 is 4.79 Å². The van der Waals surface area contributed by atoms with Gasteiger partial charge in [-0.05, 0) is 18.0 Å². The van der Waals surface area contributed by atoms with E-state index in [2.05, 4.69) is 6.92 Å². The first-order valence-electron chi connectivity index (χ1n) is 8.45. The highest BCUT2D eigenvalue weighted by molar-refractivity contribution is 6.63. The quantitative estimate of drug-likeness (QED) is 0.244. The van der Waals surface area contributed by atoms with E-state index in [-0.39, 0.29) is 5.24 Å². The lowest BCUT2D eigenvalue weighted by molar-refractivity contribution is -0.111. The van der Waals surface area contributed by atoms with Crippen LogP contribution in [0.15, 0.2) is 0 Å². The van der Waals surface area contributed by atoms with Gasteiger partial charge in [0.05, 0.1) is 0 Å². The highest BCUT2D eigenvalue weighted by atomic mass is 35.5. The number of carbonyl (C=O) groups is 1. The molecule has 0 spiro atoms. The van der Waals surface area contributed by atoms with Gasteiger partial charge < -0.3 is 0 Å². The lowest BCUT2D eigenvalue weighted by Crippen LogP contribution is -1.86. The van der Waals surface area contributed by atoms with E-state index < -0.39 is 0 Å². The minimum atomic E-state index is -0.182. The topological polar surface area (TPSA) is 17.1 Å². The minimum Gasteiger partial charge on any atom is -0.281 e. The molecule has 0 bridgehead atoms. The summed E-state index contributed by atoms with van der Waals surface area (Å²) in [4.78, 5) is 10.5. The van der Waals surface area contributed by atoms with Crippen molar-refractivity contribution in [1.82, 2.24) is 0 Å². The summed E-state index contributed by atoms with van der Waals surface area (Å²) in [7, 11) is 0. The Morgan fingerprint density at radius 2 is 0.947 bits per heavy atom. The Hall–Kier alpha value is -0.0400. The highest BCUT2D eigenvalue weighted by Crippen LogP contribution is 2.13. The van der Waals surface area contributed by atoms with E-state index in [1.807, 2.05) is 0 Å². The summed E-state index contributed by atoms with van der Waals surface area (Å²) in [6.07, 6.45) is 19.4. The zero-order chi connectivity index (χ0) is 14.2.